The Morgan fingerprint density at radius 3 is 1.72 bits per heavy atom. The van der Waals surface area contributed by atoms with E-state index in [0.717, 1.165) is 49.7 Å². The standard InChI is InChI=1S/C48H77N3O9/c1-3-5-7-9-11-13-15-17-19-27-33-51(42(53)32-26-18-16-14-12-10-8-6-4-2)47-43(45(55)44(54)41(34-52)60-47)50-46(56)40(37-58-35-38-28-22-20-23-29-38)49-48(57)59-36-39-30-24-21-25-31-39/h20-25,28-31,40-41,43-45,47,52,54-55H,3-19,26-27,32-37H2,1-2H3,(H,49,57)(H,50,56)/t40-,41+,43+,44+,45+,47+/m0/s1. The molecule has 6 atom stereocenters. The maximum absolute atomic E-state index is 14.1. The van der Waals surface area contributed by atoms with Gasteiger partial charge in [-0.05, 0) is 24.0 Å². The lowest BCUT2D eigenvalue weighted by Gasteiger charge is -2.47. The second-order valence-corrected chi connectivity index (χ2v) is 16.4. The van der Waals surface area contributed by atoms with E-state index in [1.54, 1.807) is 4.90 Å². The Labute approximate surface area is 360 Å². The molecule has 60 heavy (non-hydrogen) atoms. The number of ether oxygens (including phenoxy) is 3. The molecule has 0 radical (unpaired) electrons. The van der Waals surface area contributed by atoms with Gasteiger partial charge in [0.15, 0.2) is 6.23 Å². The number of unbranched alkanes of at least 4 members (excludes halogenated alkanes) is 17. The van der Waals surface area contributed by atoms with Gasteiger partial charge in [0.1, 0.15) is 37.0 Å². The normalized spacial score (nSPS) is 19.4. The fraction of sp³-hybridized carbons (Fsp3) is 0.688. The van der Waals surface area contributed by atoms with Gasteiger partial charge in [0.2, 0.25) is 11.8 Å². The Morgan fingerprint density at radius 1 is 0.683 bits per heavy atom. The molecule has 1 saturated heterocycles. The molecule has 0 aromatic heterocycles. The average Bonchev–Trinajstić information content (AvgIpc) is 3.26. The van der Waals surface area contributed by atoms with Crippen LogP contribution in [0.5, 0.6) is 0 Å². The van der Waals surface area contributed by atoms with Crippen LogP contribution in [0.25, 0.3) is 0 Å². The van der Waals surface area contributed by atoms with Gasteiger partial charge in [-0.1, -0.05) is 184 Å². The number of benzene rings is 2. The topological polar surface area (TPSA) is 167 Å². The number of aliphatic hydroxyl groups excluding tert-OH is 3. The Hall–Kier alpha value is -3.55. The highest BCUT2D eigenvalue weighted by Crippen LogP contribution is 2.26. The second kappa shape index (κ2) is 31.3. The molecule has 1 aliphatic heterocycles. The van der Waals surface area contributed by atoms with Crippen molar-refractivity contribution in [3.63, 3.8) is 0 Å². The van der Waals surface area contributed by atoms with E-state index >= 15 is 0 Å². The first-order chi connectivity index (χ1) is 29.3. The molecule has 1 aliphatic rings. The highest BCUT2D eigenvalue weighted by atomic mass is 16.6. The molecule has 338 valence electrons. The first-order valence-corrected chi connectivity index (χ1v) is 23.1. The molecule has 3 amide bonds. The number of hydrogen-bond acceptors (Lipinski definition) is 9. The summed E-state index contributed by atoms with van der Waals surface area (Å²) in [5, 5.41) is 38.2. The van der Waals surface area contributed by atoms with E-state index in [1.165, 1.54) is 70.6 Å². The van der Waals surface area contributed by atoms with Crippen LogP contribution >= 0.6 is 0 Å². The molecule has 1 heterocycles. The summed E-state index contributed by atoms with van der Waals surface area (Å²) in [5.41, 5.74) is 1.63. The van der Waals surface area contributed by atoms with E-state index in [9.17, 15) is 29.7 Å². The van der Waals surface area contributed by atoms with Crippen molar-refractivity contribution < 1.29 is 43.9 Å². The summed E-state index contributed by atoms with van der Waals surface area (Å²) >= 11 is 0. The summed E-state index contributed by atoms with van der Waals surface area (Å²) in [4.78, 5) is 42.9. The predicted molar refractivity (Wildman–Crippen MR) is 235 cm³/mol. The Morgan fingerprint density at radius 2 is 1.18 bits per heavy atom. The smallest absolute Gasteiger partial charge is 0.408 e. The van der Waals surface area contributed by atoms with Crippen LogP contribution in [0.1, 0.15) is 153 Å². The van der Waals surface area contributed by atoms with Crippen molar-refractivity contribution in [3.8, 4) is 0 Å². The average molecular weight is 840 g/mol. The molecular formula is C48H77N3O9. The molecule has 0 bridgehead atoms. The number of alkyl carbamates (subject to hydrolysis) is 1. The summed E-state index contributed by atoms with van der Waals surface area (Å²) in [7, 11) is 0. The van der Waals surface area contributed by atoms with Gasteiger partial charge in [-0.3, -0.25) is 9.59 Å². The van der Waals surface area contributed by atoms with Crippen LogP contribution in [0, 0.1) is 0 Å². The minimum absolute atomic E-state index is 0.0210. The maximum atomic E-state index is 14.1. The van der Waals surface area contributed by atoms with Crippen molar-refractivity contribution in [2.75, 3.05) is 19.8 Å². The molecule has 12 heteroatoms. The van der Waals surface area contributed by atoms with Crippen LogP contribution in [0.3, 0.4) is 0 Å². The zero-order chi connectivity index (χ0) is 43.2. The zero-order valence-electron chi connectivity index (χ0n) is 36.7. The van der Waals surface area contributed by atoms with Crippen LogP contribution in [-0.4, -0.2) is 94.5 Å². The molecule has 12 nitrogen and oxygen atoms in total. The molecule has 3 rings (SSSR count). The van der Waals surface area contributed by atoms with Gasteiger partial charge in [0, 0.05) is 13.0 Å². The van der Waals surface area contributed by atoms with Crippen LogP contribution in [0.2, 0.25) is 0 Å². The largest absolute Gasteiger partial charge is 0.445 e. The van der Waals surface area contributed by atoms with Gasteiger partial charge in [-0.2, -0.15) is 0 Å². The second-order valence-electron chi connectivity index (χ2n) is 16.4. The number of nitrogens with one attached hydrogen (secondary N) is 2. The molecule has 0 aliphatic carbocycles. The highest BCUT2D eigenvalue weighted by Gasteiger charge is 2.48. The van der Waals surface area contributed by atoms with E-state index in [0.29, 0.717) is 19.4 Å². The fourth-order valence-corrected chi connectivity index (χ4v) is 7.64. The van der Waals surface area contributed by atoms with E-state index in [4.69, 9.17) is 14.2 Å². The summed E-state index contributed by atoms with van der Waals surface area (Å²) in [5.74, 6) is -0.902. The van der Waals surface area contributed by atoms with Crippen molar-refractivity contribution in [2.24, 2.45) is 0 Å². The summed E-state index contributed by atoms with van der Waals surface area (Å²) < 4.78 is 17.5. The molecule has 1 fully saturated rings. The van der Waals surface area contributed by atoms with Crippen molar-refractivity contribution >= 4 is 17.9 Å². The molecule has 2 aromatic rings. The van der Waals surface area contributed by atoms with Gasteiger partial charge in [-0.15, -0.1) is 0 Å². The minimum atomic E-state index is -1.60. The van der Waals surface area contributed by atoms with E-state index in [2.05, 4.69) is 24.5 Å². The van der Waals surface area contributed by atoms with E-state index in [1.807, 2.05) is 60.7 Å². The number of rotatable bonds is 32. The van der Waals surface area contributed by atoms with Gasteiger partial charge >= 0.3 is 6.09 Å². The number of carbonyl (C=O) groups excluding carboxylic acids is 3. The predicted octanol–water partition coefficient (Wildman–Crippen LogP) is 8.09. The third-order valence-electron chi connectivity index (χ3n) is 11.3. The van der Waals surface area contributed by atoms with Gasteiger partial charge in [0.25, 0.3) is 0 Å². The molecule has 2 aromatic carbocycles. The third-order valence-corrected chi connectivity index (χ3v) is 11.3. The number of hydrogen-bond donors (Lipinski definition) is 5. The monoisotopic (exact) mass is 840 g/mol. The van der Waals surface area contributed by atoms with Crippen LogP contribution < -0.4 is 10.6 Å². The summed E-state index contributed by atoms with van der Waals surface area (Å²) in [6, 6.07) is 16.0. The molecule has 0 spiro atoms. The minimum Gasteiger partial charge on any atom is -0.445 e. The number of aliphatic hydroxyl groups is 3. The molecular weight excluding hydrogens is 763 g/mol. The SMILES string of the molecule is CCCCCCCCCCCCN(C(=O)CCCCCCCCCCC)[C@@H]1O[C@H](CO)[C@@H](O)[C@H](O)[C@H]1NC(=O)[C@H](COCc1ccccc1)NC(=O)OCc1ccccc1. The van der Waals surface area contributed by atoms with Gasteiger partial charge in [-0.25, -0.2) is 4.79 Å². The van der Waals surface area contributed by atoms with Crippen LogP contribution in [0.4, 0.5) is 4.79 Å². The number of nitrogens with zero attached hydrogens (tertiary/aromatic N) is 1. The number of amides is 3. The lowest BCUT2D eigenvalue weighted by molar-refractivity contribution is -0.231. The van der Waals surface area contributed by atoms with E-state index in [-0.39, 0.29) is 32.1 Å². The van der Waals surface area contributed by atoms with Gasteiger partial charge < -0.3 is 45.1 Å². The van der Waals surface area contributed by atoms with Crippen LogP contribution in [0.15, 0.2) is 60.7 Å². The fourth-order valence-electron chi connectivity index (χ4n) is 7.64. The third kappa shape index (κ3) is 19.9. The Bertz CT molecular complexity index is 1420. The first kappa shape index (κ1) is 50.8. The van der Waals surface area contributed by atoms with Crippen molar-refractivity contribution in [2.45, 2.75) is 192 Å². The van der Waals surface area contributed by atoms with E-state index < -0.39 is 55.2 Å². The highest BCUT2D eigenvalue weighted by molar-refractivity contribution is 5.86. The maximum Gasteiger partial charge on any atom is 0.408 e. The summed E-state index contributed by atoms with van der Waals surface area (Å²) in [6.45, 7) is 4.05. The Kier molecular flexibility index (Phi) is 26.5. The number of carbonyl (C=O) groups is 3. The molecule has 0 unspecified atom stereocenters. The van der Waals surface area contributed by atoms with Crippen LogP contribution in [-0.2, 0) is 37.0 Å². The van der Waals surface area contributed by atoms with Crippen molar-refractivity contribution in [1.82, 2.24) is 15.5 Å². The van der Waals surface area contributed by atoms with Crippen molar-refractivity contribution in [3.05, 3.63) is 71.8 Å². The first-order valence-electron chi connectivity index (χ1n) is 23.1. The Balaban J connectivity index is 1.75. The lowest BCUT2D eigenvalue weighted by atomic mass is 9.94. The molecule has 0 saturated carbocycles. The molecule has 5 N–H and O–H groups in total. The van der Waals surface area contributed by atoms with Crippen molar-refractivity contribution in [1.29, 1.82) is 0 Å². The lowest BCUT2D eigenvalue weighted by Crippen LogP contribution is -2.70. The quantitative estimate of drug-likeness (QED) is 0.0458. The zero-order valence-corrected chi connectivity index (χ0v) is 36.7. The van der Waals surface area contributed by atoms with Gasteiger partial charge in [0.05, 0.1) is 19.8 Å². The summed E-state index contributed by atoms with van der Waals surface area (Å²) in [6.07, 6.45) is 15.0.